The maximum Gasteiger partial charge on any atom is 0.332 e. The molecule has 3 N–H and O–H groups in total. The lowest BCUT2D eigenvalue weighted by Crippen LogP contribution is -2.60. The van der Waals surface area contributed by atoms with Crippen molar-refractivity contribution in [2.45, 2.75) is 44.7 Å². The largest absolute Gasteiger partial charge is 0.388 e. The summed E-state index contributed by atoms with van der Waals surface area (Å²) in [5, 5.41) is 24.7. The molecule has 172 valence electrons. The van der Waals surface area contributed by atoms with Crippen molar-refractivity contribution in [3.63, 3.8) is 0 Å². The smallest absolute Gasteiger partial charge is 0.332 e. The van der Waals surface area contributed by atoms with Crippen LogP contribution in [-0.4, -0.2) is 70.8 Å². The summed E-state index contributed by atoms with van der Waals surface area (Å²) in [4.78, 5) is 46.2. The van der Waals surface area contributed by atoms with Crippen LogP contribution < -0.4 is 16.6 Å². The van der Waals surface area contributed by atoms with Crippen molar-refractivity contribution in [2.75, 3.05) is 6.61 Å². The number of nitrogens with one attached hydrogen (secondary N) is 1. The van der Waals surface area contributed by atoms with Crippen molar-refractivity contribution in [1.29, 1.82) is 0 Å². The summed E-state index contributed by atoms with van der Waals surface area (Å²) in [7, 11) is 2.89. The predicted octanol–water partition coefficient (Wildman–Crippen LogP) is -1.57. The van der Waals surface area contributed by atoms with E-state index in [2.05, 4.69) is 15.3 Å². The SMILES string of the molecule is Cc1nc(C(=O)N[C@@H]2CO[C@H](Cn3cnc4c(=O)n(C)c(=O)n(C)c43)[C@@H](O)[C@H]2O)c(C)s1. The van der Waals surface area contributed by atoms with Crippen molar-refractivity contribution in [2.24, 2.45) is 14.1 Å². The van der Waals surface area contributed by atoms with E-state index in [1.165, 1.54) is 40.9 Å². The first-order valence-corrected chi connectivity index (χ1v) is 10.7. The van der Waals surface area contributed by atoms with E-state index in [4.69, 9.17) is 4.74 Å². The first-order valence-electron chi connectivity index (χ1n) is 9.93. The molecule has 32 heavy (non-hydrogen) atoms. The molecule has 13 heteroatoms. The molecule has 12 nitrogen and oxygen atoms in total. The number of rotatable bonds is 4. The maximum absolute atomic E-state index is 12.5. The Hall–Kier alpha value is -2.87. The Labute approximate surface area is 185 Å². The number of hydrogen-bond acceptors (Lipinski definition) is 9. The van der Waals surface area contributed by atoms with Crippen LogP contribution in [0.5, 0.6) is 0 Å². The third kappa shape index (κ3) is 3.66. The van der Waals surface area contributed by atoms with Crippen molar-refractivity contribution < 1.29 is 19.7 Å². The number of thiazole rings is 1. The number of aromatic nitrogens is 5. The summed E-state index contributed by atoms with van der Waals surface area (Å²) in [5.74, 6) is -0.448. The van der Waals surface area contributed by atoms with Gasteiger partial charge in [-0.25, -0.2) is 14.8 Å². The Morgan fingerprint density at radius 1 is 1.25 bits per heavy atom. The molecule has 0 bridgehead atoms. The lowest BCUT2D eigenvalue weighted by molar-refractivity contribution is -0.152. The molecule has 3 aromatic heterocycles. The van der Waals surface area contributed by atoms with Crippen LogP contribution in [0.4, 0.5) is 0 Å². The Morgan fingerprint density at radius 3 is 2.62 bits per heavy atom. The number of hydrogen-bond donors (Lipinski definition) is 3. The molecular formula is C19H24N6O6S. The topological polar surface area (TPSA) is 153 Å². The van der Waals surface area contributed by atoms with Crippen LogP contribution in [0.2, 0.25) is 0 Å². The van der Waals surface area contributed by atoms with Gasteiger partial charge < -0.3 is 24.8 Å². The van der Waals surface area contributed by atoms with Crippen LogP contribution in [-0.2, 0) is 25.4 Å². The van der Waals surface area contributed by atoms with Gasteiger partial charge in [-0.1, -0.05) is 0 Å². The molecule has 4 heterocycles. The molecule has 0 aromatic carbocycles. The second-order valence-corrected chi connectivity index (χ2v) is 9.25. The molecule has 0 spiro atoms. The third-order valence-corrected chi connectivity index (χ3v) is 6.54. The zero-order valence-electron chi connectivity index (χ0n) is 18.0. The molecule has 3 aromatic rings. The Kier molecular flexibility index (Phi) is 5.75. The van der Waals surface area contributed by atoms with Crippen molar-refractivity contribution in [1.82, 2.24) is 29.0 Å². The molecule has 1 aliphatic rings. The molecule has 0 saturated carbocycles. The van der Waals surface area contributed by atoms with Crippen LogP contribution in [0.15, 0.2) is 15.9 Å². The number of fused-ring (bicyclic) bond motifs is 1. The average Bonchev–Trinajstić information content (AvgIpc) is 3.32. The van der Waals surface area contributed by atoms with Gasteiger partial charge in [0.1, 0.15) is 29.7 Å². The summed E-state index contributed by atoms with van der Waals surface area (Å²) < 4.78 is 9.51. The normalized spacial score (nSPS) is 23.6. The molecule has 1 saturated heterocycles. The van der Waals surface area contributed by atoms with E-state index in [-0.39, 0.29) is 30.0 Å². The molecular weight excluding hydrogens is 440 g/mol. The summed E-state index contributed by atoms with van der Waals surface area (Å²) in [6.07, 6.45) is -2.08. The highest BCUT2D eigenvalue weighted by atomic mass is 32.1. The van der Waals surface area contributed by atoms with Gasteiger partial charge >= 0.3 is 5.69 Å². The maximum atomic E-state index is 12.5. The molecule has 0 radical (unpaired) electrons. The number of aryl methyl sites for hydroxylation is 3. The van der Waals surface area contributed by atoms with Crippen LogP contribution in [0.3, 0.4) is 0 Å². The van der Waals surface area contributed by atoms with Gasteiger partial charge in [0.15, 0.2) is 5.52 Å². The number of imidazole rings is 1. The molecule has 1 aliphatic heterocycles. The van der Waals surface area contributed by atoms with E-state index in [0.717, 1.165) is 14.5 Å². The minimum Gasteiger partial charge on any atom is -0.388 e. The molecule has 1 fully saturated rings. The zero-order chi connectivity index (χ0) is 23.3. The second kappa shape index (κ2) is 8.24. The number of nitrogens with zero attached hydrogens (tertiary/aromatic N) is 5. The molecule has 1 amide bonds. The van der Waals surface area contributed by atoms with Crippen molar-refractivity contribution in [3.8, 4) is 0 Å². The Balaban J connectivity index is 1.51. The predicted molar refractivity (Wildman–Crippen MR) is 115 cm³/mol. The van der Waals surface area contributed by atoms with E-state index in [9.17, 15) is 24.6 Å². The van der Waals surface area contributed by atoms with Gasteiger partial charge in [0, 0.05) is 19.0 Å². The van der Waals surface area contributed by atoms with Gasteiger partial charge in [-0.15, -0.1) is 11.3 Å². The molecule has 0 unspecified atom stereocenters. The van der Waals surface area contributed by atoms with Crippen LogP contribution in [0.1, 0.15) is 20.4 Å². The van der Waals surface area contributed by atoms with E-state index >= 15 is 0 Å². The molecule has 0 aliphatic carbocycles. The second-order valence-electron chi connectivity index (χ2n) is 7.85. The number of carbonyl (C=O) groups excluding carboxylic acids is 1. The van der Waals surface area contributed by atoms with E-state index in [1.807, 2.05) is 0 Å². The van der Waals surface area contributed by atoms with Gasteiger partial charge in [0.2, 0.25) is 0 Å². The fraction of sp³-hybridized carbons (Fsp3) is 0.526. The van der Waals surface area contributed by atoms with Crippen molar-refractivity contribution >= 4 is 28.4 Å². The summed E-state index contributed by atoms with van der Waals surface area (Å²) in [5.41, 5.74) is -0.358. The average molecular weight is 465 g/mol. The number of aliphatic hydroxyl groups is 2. The number of ether oxygens (including phenoxy) is 1. The van der Waals surface area contributed by atoms with E-state index < -0.39 is 41.5 Å². The zero-order valence-corrected chi connectivity index (χ0v) is 18.8. The van der Waals surface area contributed by atoms with Gasteiger partial charge in [-0.05, 0) is 13.8 Å². The van der Waals surface area contributed by atoms with Crippen LogP contribution in [0, 0.1) is 13.8 Å². The fourth-order valence-electron chi connectivity index (χ4n) is 3.91. The van der Waals surface area contributed by atoms with Gasteiger partial charge in [-0.3, -0.25) is 18.7 Å². The van der Waals surface area contributed by atoms with Crippen LogP contribution in [0.25, 0.3) is 11.2 Å². The summed E-state index contributed by atoms with van der Waals surface area (Å²) in [6, 6.07) is -0.827. The highest BCUT2D eigenvalue weighted by Crippen LogP contribution is 2.21. The van der Waals surface area contributed by atoms with E-state index in [1.54, 1.807) is 13.8 Å². The van der Waals surface area contributed by atoms with Gasteiger partial charge in [0.25, 0.3) is 11.5 Å². The highest BCUT2D eigenvalue weighted by molar-refractivity contribution is 7.11. The number of aliphatic hydroxyl groups excluding tert-OH is 2. The quantitative estimate of drug-likeness (QED) is 0.418. The van der Waals surface area contributed by atoms with Crippen LogP contribution >= 0.6 is 11.3 Å². The first kappa shape index (κ1) is 22.3. The molecule has 4 atom stereocenters. The highest BCUT2D eigenvalue weighted by Gasteiger charge is 2.40. The lowest BCUT2D eigenvalue weighted by atomic mass is 9.97. The summed E-state index contributed by atoms with van der Waals surface area (Å²) in [6.45, 7) is 3.59. The fourth-order valence-corrected chi connectivity index (χ4v) is 4.73. The minimum absolute atomic E-state index is 0.0376. The Morgan fingerprint density at radius 2 is 1.97 bits per heavy atom. The number of amides is 1. The lowest BCUT2D eigenvalue weighted by Gasteiger charge is -2.38. The number of carbonyl (C=O) groups is 1. The monoisotopic (exact) mass is 464 g/mol. The molecule has 4 rings (SSSR count). The third-order valence-electron chi connectivity index (χ3n) is 5.65. The van der Waals surface area contributed by atoms with Gasteiger partial charge in [-0.2, -0.15) is 0 Å². The first-order chi connectivity index (χ1) is 15.1. The van der Waals surface area contributed by atoms with Gasteiger partial charge in [0.05, 0.1) is 30.5 Å². The Bertz CT molecular complexity index is 1310. The standard InChI is InChI=1S/C19H24N6O6S/c1-8-12(21-9(2)32-8)16(28)22-10-6-31-11(15(27)14(10)26)5-25-7-20-13-17(25)23(3)19(30)24(4)18(13)29/h7,10-11,14-15,26-27H,5-6H2,1-4H3,(H,22,28)/t10-,11-,14+,15-/m1/s1. The minimum atomic E-state index is -1.33. The van der Waals surface area contributed by atoms with E-state index in [0.29, 0.717) is 0 Å². The van der Waals surface area contributed by atoms with Crippen molar-refractivity contribution in [3.05, 3.63) is 42.7 Å². The summed E-state index contributed by atoms with van der Waals surface area (Å²) >= 11 is 1.40.